The fourth-order valence-electron chi connectivity index (χ4n) is 5.41. The number of halogens is 1. The molecule has 2 bridgehead atoms. The highest BCUT2D eigenvalue weighted by molar-refractivity contribution is 5.68. The van der Waals surface area contributed by atoms with Gasteiger partial charge in [-0.05, 0) is 44.2 Å². The van der Waals surface area contributed by atoms with Gasteiger partial charge in [-0.15, -0.1) is 10.2 Å². The summed E-state index contributed by atoms with van der Waals surface area (Å²) < 4.78 is 17.1. The smallest absolute Gasteiger partial charge is 0.245 e. The van der Waals surface area contributed by atoms with Crippen molar-refractivity contribution >= 4 is 5.95 Å². The standard InChI is InChI=1S/C23H28FN7O/c1-14-8-17-21(24)19(11-23(2,10-14)27-17)30(3)22-26-12-18(28-29-22)16-5-4-15(9-20(16)32)31-7-6-25-13-31/h4-7,9,12-14,17,19,21,27,32H,8,10-11H2,1-3H3/t14?,17?,19-,21-,23-/m0/s1. The van der Waals surface area contributed by atoms with Crippen LogP contribution in [0.3, 0.4) is 0 Å². The van der Waals surface area contributed by atoms with Gasteiger partial charge in [-0.2, -0.15) is 0 Å². The molecule has 2 saturated heterocycles. The van der Waals surface area contributed by atoms with Gasteiger partial charge in [-0.25, -0.2) is 14.4 Å². The lowest BCUT2D eigenvalue weighted by atomic mass is 9.70. The van der Waals surface area contributed by atoms with Gasteiger partial charge in [0, 0.05) is 42.7 Å². The minimum absolute atomic E-state index is 0.0745. The first-order chi connectivity index (χ1) is 15.3. The maximum Gasteiger partial charge on any atom is 0.245 e. The van der Waals surface area contributed by atoms with Gasteiger partial charge >= 0.3 is 0 Å². The Morgan fingerprint density at radius 2 is 2.12 bits per heavy atom. The minimum Gasteiger partial charge on any atom is -0.507 e. The number of piperidine rings is 2. The molecule has 0 amide bonds. The zero-order valence-corrected chi connectivity index (χ0v) is 18.5. The van der Waals surface area contributed by atoms with E-state index in [9.17, 15) is 5.11 Å². The van der Waals surface area contributed by atoms with E-state index in [1.54, 1.807) is 41.6 Å². The van der Waals surface area contributed by atoms with Gasteiger partial charge in [0.25, 0.3) is 0 Å². The van der Waals surface area contributed by atoms with Gasteiger partial charge < -0.3 is 19.9 Å². The molecule has 2 fully saturated rings. The summed E-state index contributed by atoms with van der Waals surface area (Å²) in [6.07, 6.45) is 8.27. The summed E-state index contributed by atoms with van der Waals surface area (Å²) in [6, 6.07) is 4.81. The van der Waals surface area contributed by atoms with Crippen molar-refractivity contribution < 1.29 is 9.50 Å². The van der Waals surface area contributed by atoms with Crippen molar-refractivity contribution in [1.29, 1.82) is 0 Å². The van der Waals surface area contributed by atoms with Crippen molar-refractivity contribution in [2.75, 3.05) is 11.9 Å². The number of nitrogens with zero attached hydrogens (tertiary/aromatic N) is 6. The lowest BCUT2D eigenvalue weighted by molar-refractivity contribution is 0.0388. The molecular weight excluding hydrogens is 409 g/mol. The highest BCUT2D eigenvalue weighted by Crippen LogP contribution is 2.40. The van der Waals surface area contributed by atoms with Crippen LogP contribution in [0.15, 0.2) is 43.1 Å². The Morgan fingerprint density at radius 3 is 2.81 bits per heavy atom. The average molecular weight is 438 g/mol. The van der Waals surface area contributed by atoms with Gasteiger partial charge in [0.15, 0.2) is 0 Å². The number of hydrogen-bond acceptors (Lipinski definition) is 7. The van der Waals surface area contributed by atoms with Crippen LogP contribution < -0.4 is 10.2 Å². The first-order valence-electron chi connectivity index (χ1n) is 11.0. The van der Waals surface area contributed by atoms with E-state index in [2.05, 4.69) is 39.3 Å². The average Bonchev–Trinajstić information content (AvgIpc) is 3.30. The van der Waals surface area contributed by atoms with Crippen LogP contribution in [0.5, 0.6) is 5.75 Å². The SMILES string of the molecule is CC1CC2N[C@@](C)(C1)C[C@H](N(C)c1ncc(-c3ccc(-n4ccnc4)cc3O)nn1)[C@H]2F. The second-order valence-corrected chi connectivity index (χ2v) is 9.50. The lowest BCUT2D eigenvalue weighted by Crippen LogP contribution is -2.68. The molecule has 2 aliphatic rings. The summed E-state index contributed by atoms with van der Waals surface area (Å²) in [4.78, 5) is 10.3. The van der Waals surface area contributed by atoms with Crippen molar-refractivity contribution in [2.45, 2.75) is 56.9 Å². The molecule has 4 heterocycles. The second-order valence-electron chi connectivity index (χ2n) is 9.50. The van der Waals surface area contributed by atoms with E-state index >= 15 is 4.39 Å². The Kier molecular flexibility index (Phi) is 5.08. The number of hydrogen-bond donors (Lipinski definition) is 2. The molecule has 5 rings (SSSR count). The Labute approximate surface area is 186 Å². The molecule has 32 heavy (non-hydrogen) atoms. The third-order valence-corrected chi connectivity index (χ3v) is 6.82. The summed E-state index contributed by atoms with van der Waals surface area (Å²) in [5.41, 5.74) is 1.69. The van der Waals surface area contributed by atoms with E-state index < -0.39 is 6.17 Å². The van der Waals surface area contributed by atoms with Crippen molar-refractivity contribution in [3.63, 3.8) is 0 Å². The molecule has 5 atom stereocenters. The molecule has 0 saturated carbocycles. The summed E-state index contributed by atoms with van der Waals surface area (Å²) in [5.74, 6) is 0.971. The number of alkyl halides is 1. The quantitative estimate of drug-likeness (QED) is 0.648. The fourth-order valence-corrected chi connectivity index (χ4v) is 5.41. The van der Waals surface area contributed by atoms with Crippen LogP contribution in [-0.2, 0) is 0 Å². The highest BCUT2D eigenvalue weighted by Gasteiger charge is 2.49. The van der Waals surface area contributed by atoms with Gasteiger partial charge in [0.05, 0.1) is 24.3 Å². The number of nitrogens with one attached hydrogen (secondary N) is 1. The molecule has 2 aliphatic heterocycles. The normalized spacial score (nSPS) is 29.6. The van der Waals surface area contributed by atoms with Gasteiger partial charge in [0.2, 0.25) is 5.95 Å². The molecule has 2 aromatic heterocycles. The molecule has 2 unspecified atom stereocenters. The molecule has 3 aromatic rings. The number of fused-ring (bicyclic) bond motifs is 2. The summed E-state index contributed by atoms with van der Waals surface area (Å²) in [6.45, 7) is 4.38. The van der Waals surface area contributed by atoms with Gasteiger partial charge in [0.1, 0.15) is 17.6 Å². The fraction of sp³-hybridized carbons (Fsp3) is 0.478. The number of phenols is 1. The number of anilines is 1. The van der Waals surface area contributed by atoms with E-state index in [-0.39, 0.29) is 23.4 Å². The van der Waals surface area contributed by atoms with Crippen LogP contribution in [0, 0.1) is 5.92 Å². The molecular formula is C23H28FN7O. The Bertz CT molecular complexity index is 1090. The van der Waals surface area contributed by atoms with E-state index in [1.165, 1.54) is 0 Å². The number of rotatable bonds is 4. The van der Waals surface area contributed by atoms with Crippen LogP contribution in [0.1, 0.15) is 33.1 Å². The summed E-state index contributed by atoms with van der Waals surface area (Å²) >= 11 is 0. The first kappa shape index (κ1) is 20.8. The Balaban J connectivity index is 1.36. The maximum atomic E-state index is 15.3. The second kappa shape index (κ2) is 7.81. The molecule has 0 spiro atoms. The maximum absolute atomic E-state index is 15.3. The predicted molar refractivity (Wildman–Crippen MR) is 119 cm³/mol. The molecule has 9 heteroatoms. The lowest BCUT2D eigenvalue weighted by Gasteiger charge is -2.53. The summed E-state index contributed by atoms with van der Waals surface area (Å²) in [7, 11) is 1.83. The predicted octanol–water partition coefficient (Wildman–Crippen LogP) is 3.12. The summed E-state index contributed by atoms with van der Waals surface area (Å²) in [5, 5.41) is 22.5. The van der Waals surface area contributed by atoms with E-state index in [1.807, 2.05) is 18.0 Å². The van der Waals surface area contributed by atoms with Gasteiger partial charge in [-0.1, -0.05) is 6.92 Å². The number of benzene rings is 1. The van der Waals surface area contributed by atoms with Crippen molar-refractivity contribution in [2.24, 2.45) is 5.92 Å². The highest BCUT2D eigenvalue weighted by atomic mass is 19.1. The van der Waals surface area contributed by atoms with Crippen molar-refractivity contribution in [1.82, 2.24) is 30.0 Å². The van der Waals surface area contributed by atoms with Crippen LogP contribution in [0.4, 0.5) is 10.3 Å². The Hall–Kier alpha value is -3.07. The zero-order valence-electron chi connectivity index (χ0n) is 18.5. The molecule has 0 radical (unpaired) electrons. The van der Waals surface area contributed by atoms with E-state index in [0.29, 0.717) is 29.5 Å². The number of aromatic nitrogens is 5. The van der Waals surface area contributed by atoms with Crippen LogP contribution in [0.25, 0.3) is 16.9 Å². The first-order valence-corrected chi connectivity index (χ1v) is 11.0. The largest absolute Gasteiger partial charge is 0.507 e. The van der Waals surface area contributed by atoms with Crippen molar-refractivity contribution in [3.8, 4) is 22.7 Å². The zero-order chi connectivity index (χ0) is 22.5. The molecule has 168 valence electrons. The monoisotopic (exact) mass is 437 g/mol. The van der Waals surface area contributed by atoms with Crippen LogP contribution >= 0.6 is 0 Å². The third kappa shape index (κ3) is 3.70. The van der Waals surface area contributed by atoms with Gasteiger partial charge in [-0.3, -0.25) is 0 Å². The topological polar surface area (TPSA) is 92.0 Å². The number of imidazole rings is 1. The van der Waals surface area contributed by atoms with Crippen LogP contribution in [0.2, 0.25) is 0 Å². The minimum atomic E-state index is -1.00. The number of aromatic hydroxyl groups is 1. The third-order valence-electron chi connectivity index (χ3n) is 6.82. The van der Waals surface area contributed by atoms with Crippen molar-refractivity contribution in [3.05, 3.63) is 43.1 Å². The molecule has 2 N–H and O–H groups in total. The Morgan fingerprint density at radius 1 is 1.28 bits per heavy atom. The molecule has 8 nitrogen and oxygen atoms in total. The molecule has 1 aromatic carbocycles. The molecule has 0 aliphatic carbocycles. The van der Waals surface area contributed by atoms with Crippen LogP contribution in [-0.4, -0.2) is 60.7 Å². The van der Waals surface area contributed by atoms with E-state index in [4.69, 9.17) is 0 Å². The number of phenolic OH excluding ortho intramolecular Hbond substituents is 1. The van der Waals surface area contributed by atoms with E-state index in [0.717, 1.165) is 18.5 Å².